The predicted molar refractivity (Wildman–Crippen MR) is 304 cm³/mol. The molecule has 9 aromatic rings. The molecule has 8 aromatic carbocycles. The number of benzene rings is 8. The summed E-state index contributed by atoms with van der Waals surface area (Å²) in [6.45, 7) is 20.0. The zero-order valence-electron chi connectivity index (χ0n) is 42.8. The minimum Gasteiger partial charge on any atom is -0.534 e. The number of rotatable bonds is 13. The molecule has 6 nitrogen and oxygen atoms in total. The summed E-state index contributed by atoms with van der Waals surface area (Å²) in [4.78, 5) is 15.2. The second-order valence-electron chi connectivity index (χ2n) is 21.7. The Morgan fingerprint density at radius 2 is 0.694 bits per heavy atom. The van der Waals surface area contributed by atoms with Crippen molar-refractivity contribution in [1.82, 2.24) is 0 Å². The fourth-order valence-electron chi connectivity index (χ4n) is 10.7. The van der Waals surface area contributed by atoms with E-state index in [0.29, 0.717) is 17.1 Å². The van der Waals surface area contributed by atoms with Gasteiger partial charge < -0.3 is 22.8 Å². The molecule has 0 spiro atoms. The van der Waals surface area contributed by atoms with Gasteiger partial charge in [0.05, 0.1) is 0 Å². The molecule has 0 radical (unpaired) electrons. The Morgan fingerprint density at radius 1 is 0.389 bits per heavy atom. The summed E-state index contributed by atoms with van der Waals surface area (Å²) >= 11 is 0. The Balaban J connectivity index is 1.26. The van der Waals surface area contributed by atoms with Gasteiger partial charge in [-0.05, 0) is 70.5 Å². The van der Waals surface area contributed by atoms with Gasteiger partial charge in [-0.2, -0.15) is 0 Å². The van der Waals surface area contributed by atoms with Crippen molar-refractivity contribution >= 4 is 67.0 Å². The van der Waals surface area contributed by atoms with Crippen molar-refractivity contribution in [3.63, 3.8) is 0 Å². The molecule has 72 heavy (non-hydrogen) atoms. The highest BCUT2D eigenvalue weighted by Crippen LogP contribution is 2.45. The Hall–Kier alpha value is -7.18. The average Bonchev–Trinajstić information content (AvgIpc) is 3.38. The van der Waals surface area contributed by atoms with E-state index >= 15 is 4.79 Å². The van der Waals surface area contributed by atoms with E-state index in [9.17, 15) is 5.11 Å². The maximum atomic E-state index is 15.2. The van der Waals surface area contributed by atoms with E-state index in [-0.39, 0.29) is 32.6 Å². The summed E-state index contributed by atoms with van der Waals surface area (Å²) in [5, 5.41) is 17.7. The zero-order chi connectivity index (χ0) is 50.9. The summed E-state index contributed by atoms with van der Waals surface area (Å²) in [6, 6.07) is 73.7. The van der Waals surface area contributed by atoms with Gasteiger partial charge in [-0.3, -0.25) is 4.79 Å². The van der Waals surface area contributed by atoms with E-state index in [4.69, 9.17) is 17.7 Å². The van der Waals surface area contributed by atoms with Crippen LogP contribution in [0.1, 0.15) is 62.3 Å². The maximum absolute atomic E-state index is 15.2. The third-order valence-corrected chi connectivity index (χ3v) is 28.9. The SMILES string of the molecule is CC(C)(C)[Si](Oc1ccc(-c2oc3cc(O[Si](c4ccccc4)(c4ccccc4)C(C)(C)C)cc(O[Si](c4ccccc4)(c4ccccc4)C(C)(C)C)c3c(=O)c2O)cc1)(c1ccccc1)c1ccccc1. The Morgan fingerprint density at radius 3 is 1.01 bits per heavy atom. The molecule has 0 saturated heterocycles. The van der Waals surface area contributed by atoms with Crippen molar-refractivity contribution < 1.29 is 22.8 Å². The highest BCUT2D eigenvalue weighted by molar-refractivity contribution is 7.01. The van der Waals surface area contributed by atoms with Crippen LogP contribution < -0.4 is 49.8 Å². The van der Waals surface area contributed by atoms with Gasteiger partial charge in [0, 0.05) is 17.7 Å². The summed E-state index contributed by atoms with van der Waals surface area (Å²) < 4.78 is 29.7. The van der Waals surface area contributed by atoms with Gasteiger partial charge in [0.15, 0.2) is 5.76 Å². The number of fused-ring (bicyclic) bond motifs is 1. The highest BCUT2D eigenvalue weighted by atomic mass is 28.4. The lowest BCUT2D eigenvalue weighted by Gasteiger charge is -2.44. The van der Waals surface area contributed by atoms with Crippen LogP contribution in [0.2, 0.25) is 15.1 Å². The van der Waals surface area contributed by atoms with Crippen molar-refractivity contribution in [2.75, 3.05) is 0 Å². The molecule has 364 valence electrons. The zero-order valence-corrected chi connectivity index (χ0v) is 45.8. The number of hydrogen-bond acceptors (Lipinski definition) is 6. The standard InChI is InChI=1S/C63H64O6Si3/c1-61(2,3)70(49-28-16-10-17-29-49,50-30-18-11-19-31-50)67-47-42-40-46(41-43-47)60-59(65)58(64)57-55(66-60)44-48(68-71(62(4,5)6,51-32-20-12-21-33-51)52-34-22-13-23-35-52)45-56(57)69-72(63(7,8)9,53-36-24-14-25-37-53)54-38-26-15-27-39-54/h10-45,65H,1-9H3. The molecule has 0 aliphatic carbocycles. The second-order valence-corrected chi connectivity index (χ2v) is 34.4. The van der Waals surface area contributed by atoms with E-state index in [0.717, 1.165) is 31.1 Å². The third kappa shape index (κ3) is 8.84. The number of aromatic hydroxyl groups is 1. The molecule has 0 amide bonds. The van der Waals surface area contributed by atoms with Gasteiger partial charge in [-0.1, -0.05) is 244 Å². The second kappa shape index (κ2) is 19.4. The smallest absolute Gasteiger partial charge is 0.319 e. The van der Waals surface area contributed by atoms with Crippen molar-refractivity contribution in [2.24, 2.45) is 0 Å². The predicted octanol–water partition coefficient (Wildman–Crippen LogP) is 12.0. The van der Waals surface area contributed by atoms with Crippen molar-refractivity contribution in [3.8, 4) is 34.3 Å². The molecular weight excluding hydrogens is 937 g/mol. The van der Waals surface area contributed by atoms with Crippen LogP contribution >= 0.6 is 0 Å². The summed E-state index contributed by atoms with van der Waals surface area (Å²) in [7, 11) is -9.58. The van der Waals surface area contributed by atoms with Crippen molar-refractivity contribution in [1.29, 1.82) is 0 Å². The van der Waals surface area contributed by atoms with Crippen LogP contribution in [0, 0.1) is 0 Å². The molecule has 0 fully saturated rings. The fraction of sp³-hybridized carbons (Fsp3) is 0.190. The quantitative estimate of drug-likeness (QED) is 0.116. The first-order valence-corrected chi connectivity index (χ1v) is 30.5. The van der Waals surface area contributed by atoms with E-state index < -0.39 is 41.2 Å². The lowest BCUT2D eigenvalue weighted by atomic mass is 10.1. The van der Waals surface area contributed by atoms with Gasteiger partial charge in [-0.25, -0.2) is 0 Å². The minimum atomic E-state index is -3.38. The van der Waals surface area contributed by atoms with Gasteiger partial charge in [-0.15, -0.1) is 0 Å². The molecule has 0 bridgehead atoms. The van der Waals surface area contributed by atoms with Gasteiger partial charge in [0.2, 0.25) is 11.2 Å². The van der Waals surface area contributed by atoms with Crippen LogP contribution in [-0.2, 0) is 0 Å². The molecular formula is C63H64O6Si3. The van der Waals surface area contributed by atoms with Crippen LogP contribution in [0.3, 0.4) is 0 Å². The molecule has 9 rings (SSSR count). The van der Waals surface area contributed by atoms with Crippen LogP contribution in [0.4, 0.5) is 0 Å². The molecule has 0 unspecified atom stereocenters. The Labute approximate surface area is 428 Å². The van der Waals surface area contributed by atoms with Crippen molar-refractivity contribution in [3.05, 3.63) is 229 Å². The summed E-state index contributed by atoms with van der Waals surface area (Å²) in [5.41, 5.74) is 0.127. The van der Waals surface area contributed by atoms with Gasteiger partial charge >= 0.3 is 25.0 Å². The lowest BCUT2D eigenvalue weighted by molar-refractivity contribution is 0.446. The fourth-order valence-corrected chi connectivity index (χ4v) is 24.0. The lowest BCUT2D eigenvalue weighted by Crippen LogP contribution is -2.69. The van der Waals surface area contributed by atoms with Gasteiger partial charge in [0.25, 0.3) is 0 Å². The van der Waals surface area contributed by atoms with Crippen LogP contribution in [0.15, 0.2) is 228 Å². The van der Waals surface area contributed by atoms with E-state index in [1.165, 1.54) is 0 Å². The molecule has 0 aliphatic heterocycles. The van der Waals surface area contributed by atoms with Crippen LogP contribution in [0.5, 0.6) is 23.0 Å². The molecule has 0 saturated carbocycles. The summed E-state index contributed by atoms with van der Waals surface area (Å²) in [6.07, 6.45) is 0. The van der Waals surface area contributed by atoms with E-state index in [2.05, 4.69) is 184 Å². The minimum absolute atomic E-state index is 0.0310. The largest absolute Gasteiger partial charge is 0.534 e. The monoisotopic (exact) mass is 1000 g/mol. The van der Waals surface area contributed by atoms with E-state index in [1.54, 1.807) is 6.07 Å². The molecule has 9 heteroatoms. The van der Waals surface area contributed by atoms with E-state index in [1.807, 2.05) is 91.0 Å². The molecule has 0 atom stereocenters. The molecule has 1 aromatic heterocycles. The summed E-state index contributed by atoms with van der Waals surface area (Å²) in [5.74, 6) is 0.940. The maximum Gasteiger partial charge on any atom is 0.319 e. The van der Waals surface area contributed by atoms with Crippen LogP contribution in [-0.4, -0.2) is 30.1 Å². The first-order chi connectivity index (χ1) is 34.4. The highest BCUT2D eigenvalue weighted by Gasteiger charge is 2.55. The third-order valence-electron chi connectivity index (χ3n) is 14.1. The molecule has 0 aliphatic rings. The molecule has 1 heterocycles. The Bertz CT molecular complexity index is 3210. The van der Waals surface area contributed by atoms with Gasteiger partial charge in [0.1, 0.15) is 28.2 Å². The normalized spacial score (nSPS) is 12.6. The first kappa shape index (κ1) is 49.8. The topological polar surface area (TPSA) is 78.1 Å². The molecule has 1 N–H and O–H groups in total. The van der Waals surface area contributed by atoms with Crippen molar-refractivity contribution in [2.45, 2.75) is 77.4 Å². The average molecular weight is 1000 g/mol. The Kier molecular flexibility index (Phi) is 13.4. The first-order valence-electron chi connectivity index (χ1n) is 24.8. The van der Waals surface area contributed by atoms with Crippen LogP contribution in [0.25, 0.3) is 22.3 Å². The number of hydrogen-bond donors (Lipinski definition) is 1.